The van der Waals surface area contributed by atoms with Crippen LogP contribution in [0.3, 0.4) is 0 Å². The minimum absolute atomic E-state index is 0.0604. The van der Waals surface area contributed by atoms with Crippen molar-refractivity contribution in [1.82, 2.24) is 9.80 Å². The number of amides is 2. The van der Waals surface area contributed by atoms with E-state index >= 15 is 0 Å². The number of nitrogens with zero attached hydrogens (tertiary/aromatic N) is 2. The number of nitrogens with two attached hydrogens (primary N) is 1. The normalized spacial score (nSPS) is 16.4. The van der Waals surface area contributed by atoms with Crippen LogP contribution in [0.15, 0.2) is 24.3 Å². The first-order chi connectivity index (χ1) is 9.19. The SMILES string of the molecule is NCCN1CCN(C(=O)Nc2ccc(Cl)cc2)CC1. The predicted octanol–water partition coefficient (Wildman–Crippen LogP) is 1.45. The summed E-state index contributed by atoms with van der Waals surface area (Å²) >= 11 is 5.80. The minimum atomic E-state index is -0.0604. The van der Waals surface area contributed by atoms with E-state index in [0.717, 1.165) is 38.4 Å². The largest absolute Gasteiger partial charge is 0.329 e. The molecule has 0 saturated carbocycles. The van der Waals surface area contributed by atoms with Gasteiger partial charge in [-0.3, -0.25) is 4.90 Å². The Labute approximate surface area is 118 Å². The summed E-state index contributed by atoms with van der Waals surface area (Å²) in [6, 6.07) is 7.05. The zero-order chi connectivity index (χ0) is 13.7. The Morgan fingerprint density at radius 2 is 1.84 bits per heavy atom. The van der Waals surface area contributed by atoms with E-state index in [2.05, 4.69) is 10.2 Å². The summed E-state index contributed by atoms with van der Waals surface area (Å²) in [4.78, 5) is 16.1. The quantitative estimate of drug-likeness (QED) is 0.882. The van der Waals surface area contributed by atoms with E-state index in [0.29, 0.717) is 11.6 Å². The monoisotopic (exact) mass is 282 g/mol. The van der Waals surface area contributed by atoms with E-state index in [9.17, 15) is 4.79 Å². The number of carbonyl (C=O) groups is 1. The second-order valence-electron chi connectivity index (χ2n) is 4.55. The van der Waals surface area contributed by atoms with Crippen molar-refractivity contribution in [1.29, 1.82) is 0 Å². The van der Waals surface area contributed by atoms with E-state index in [4.69, 9.17) is 17.3 Å². The molecule has 19 heavy (non-hydrogen) atoms. The first kappa shape index (κ1) is 14.1. The molecule has 0 aromatic heterocycles. The summed E-state index contributed by atoms with van der Waals surface area (Å²) in [6.45, 7) is 4.79. The fourth-order valence-electron chi connectivity index (χ4n) is 2.09. The van der Waals surface area contributed by atoms with Crippen molar-refractivity contribution in [2.45, 2.75) is 0 Å². The molecule has 1 aromatic carbocycles. The molecule has 0 atom stereocenters. The van der Waals surface area contributed by atoms with Crippen LogP contribution in [0.4, 0.5) is 10.5 Å². The molecule has 5 nitrogen and oxygen atoms in total. The third-order valence-electron chi connectivity index (χ3n) is 3.20. The van der Waals surface area contributed by atoms with E-state index in [-0.39, 0.29) is 6.03 Å². The van der Waals surface area contributed by atoms with Gasteiger partial charge < -0.3 is 16.0 Å². The molecular formula is C13H19ClN4O. The van der Waals surface area contributed by atoms with Gasteiger partial charge in [-0.1, -0.05) is 11.6 Å². The van der Waals surface area contributed by atoms with Crippen LogP contribution < -0.4 is 11.1 Å². The Morgan fingerprint density at radius 1 is 1.21 bits per heavy atom. The lowest BCUT2D eigenvalue weighted by atomic mass is 10.3. The van der Waals surface area contributed by atoms with Crippen molar-refractivity contribution < 1.29 is 4.79 Å². The molecular weight excluding hydrogens is 264 g/mol. The number of nitrogens with one attached hydrogen (secondary N) is 1. The first-order valence-electron chi connectivity index (χ1n) is 6.43. The molecule has 2 amide bonds. The van der Waals surface area contributed by atoms with Gasteiger partial charge in [-0.15, -0.1) is 0 Å². The lowest BCUT2D eigenvalue weighted by Gasteiger charge is -2.34. The summed E-state index contributed by atoms with van der Waals surface area (Å²) < 4.78 is 0. The molecule has 0 aliphatic carbocycles. The van der Waals surface area contributed by atoms with Gasteiger partial charge in [-0.2, -0.15) is 0 Å². The maximum absolute atomic E-state index is 12.1. The smallest absolute Gasteiger partial charge is 0.321 e. The number of anilines is 1. The molecule has 1 aromatic rings. The van der Waals surface area contributed by atoms with E-state index in [1.807, 2.05) is 4.90 Å². The van der Waals surface area contributed by atoms with Gasteiger partial charge in [0.05, 0.1) is 0 Å². The standard InChI is InChI=1S/C13H19ClN4O/c14-11-1-3-12(4-2-11)16-13(19)18-9-7-17(6-5-15)8-10-18/h1-4H,5-10,15H2,(H,16,19). The maximum atomic E-state index is 12.1. The molecule has 1 saturated heterocycles. The van der Waals surface area contributed by atoms with E-state index in [1.54, 1.807) is 24.3 Å². The summed E-state index contributed by atoms with van der Waals surface area (Å²) in [5.41, 5.74) is 6.29. The first-order valence-corrected chi connectivity index (χ1v) is 6.81. The van der Waals surface area contributed by atoms with Gasteiger partial charge in [-0.25, -0.2) is 4.79 Å². The highest BCUT2D eigenvalue weighted by molar-refractivity contribution is 6.30. The molecule has 6 heteroatoms. The summed E-state index contributed by atoms with van der Waals surface area (Å²) in [6.07, 6.45) is 0. The Bertz CT molecular complexity index is 415. The maximum Gasteiger partial charge on any atom is 0.321 e. The number of hydrogen-bond donors (Lipinski definition) is 2. The molecule has 0 unspecified atom stereocenters. The molecule has 1 fully saturated rings. The molecule has 1 aliphatic rings. The topological polar surface area (TPSA) is 61.6 Å². The zero-order valence-electron chi connectivity index (χ0n) is 10.8. The van der Waals surface area contributed by atoms with Gasteiger partial charge in [-0.05, 0) is 24.3 Å². The predicted molar refractivity (Wildman–Crippen MR) is 77.5 cm³/mol. The van der Waals surface area contributed by atoms with Gasteiger partial charge in [0.15, 0.2) is 0 Å². The van der Waals surface area contributed by atoms with Crippen molar-refractivity contribution in [3.63, 3.8) is 0 Å². The van der Waals surface area contributed by atoms with Crippen LogP contribution in [-0.2, 0) is 0 Å². The van der Waals surface area contributed by atoms with E-state index in [1.165, 1.54) is 0 Å². The molecule has 3 N–H and O–H groups in total. The highest BCUT2D eigenvalue weighted by atomic mass is 35.5. The van der Waals surface area contributed by atoms with Crippen molar-refractivity contribution >= 4 is 23.3 Å². The van der Waals surface area contributed by atoms with E-state index < -0.39 is 0 Å². The summed E-state index contributed by atoms with van der Waals surface area (Å²) in [5.74, 6) is 0. The summed E-state index contributed by atoms with van der Waals surface area (Å²) in [7, 11) is 0. The number of carbonyl (C=O) groups excluding carboxylic acids is 1. The fraction of sp³-hybridized carbons (Fsp3) is 0.462. The van der Waals surface area contributed by atoms with Crippen molar-refractivity contribution in [2.75, 3.05) is 44.6 Å². The minimum Gasteiger partial charge on any atom is -0.329 e. The average molecular weight is 283 g/mol. The van der Waals surface area contributed by atoms with Crippen LogP contribution >= 0.6 is 11.6 Å². The van der Waals surface area contributed by atoms with Crippen molar-refractivity contribution in [2.24, 2.45) is 5.73 Å². The van der Waals surface area contributed by atoms with Crippen LogP contribution in [-0.4, -0.2) is 55.1 Å². The number of piperazine rings is 1. The highest BCUT2D eigenvalue weighted by Crippen LogP contribution is 2.14. The Morgan fingerprint density at radius 3 is 2.42 bits per heavy atom. The number of urea groups is 1. The molecule has 0 spiro atoms. The van der Waals surface area contributed by atoms with Crippen molar-refractivity contribution in [3.8, 4) is 0 Å². The van der Waals surface area contributed by atoms with Gasteiger partial charge in [0.2, 0.25) is 0 Å². The van der Waals surface area contributed by atoms with Gasteiger partial charge in [0.1, 0.15) is 0 Å². The molecule has 2 rings (SSSR count). The highest BCUT2D eigenvalue weighted by Gasteiger charge is 2.20. The van der Waals surface area contributed by atoms with Gasteiger partial charge in [0, 0.05) is 50.0 Å². The second-order valence-corrected chi connectivity index (χ2v) is 4.99. The molecule has 104 valence electrons. The van der Waals surface area contributed by atoms with Crippen LogP contribution in [0.2, 0.25) is 5.02 Å². The lowest BCUT2D eigenvalue weighted by molar-refractivity contribution is 0.149. The number of rotatable bonds is 3. The van der Waals surface area contributed by atoms with Crippen molar-refractivity contribution in [3.05, 3.63) is 29.3 Å². The Kier molecular flexibility index (Phi) is 5.01. The Hall–Kier alpha value is -1.30. The summed E-state index contributed by atoms with van der Waals surface area (Å²) in [5, 5.41) is 3.53. The molecule has 0 radical (unpaired) electrons. The van der Waals surface area contributed by atoms with Crippen LogP contribution in [0.5, 0.6) is 0 Å². The van der Waals surface area contributed by atoms with Gasteiger partial charge >= 0.3 is 6.03 Å². The molecule has 1 aliphatic heterocycles. The lowest BCUT2D eigenvalue weighted by Crippen LogP contribution is -2.50. The average Bonchev–Trinajstić information content (AvgIpc) is 2.42. The second kappa shape index (κ2) is 6.75. The third kappa shape index (κ3) is 4.09. The molecule has 0 bridgehead atoms. The van der Waals surface area contributed by atoms with Crippen LogP contribution in [0.1, 0.15) is 0 Å². The van der Waals surface area contributed by atoms with Crippen LogP contribution in [0.25, 0.3) is 0 Å². The van der Waals surface area contributed by atoms with Crippen LogP contribution in [0, 0.1) is 0 Å². The number of hydrogen-bond acceptors (Lipinski definition) is 3. The zero-order valence-corrected chi connectivity index (χ0v) is 11.6. The number of benzene rings is 1. The van der Waals surface area contributed by atoms with Gasteiger partial charge in [0.25, 0.3) is 0 Å². The number of halogens is 1. The third-order valence-corrected chi connectivity index (χ3v) is 3.45. The Balaban J connectivity index is 1.83. The molecule has 1 heterocycles. The fourth-order valence-corrected chi connectivity index (χ4v) is 2.22.